The van der Waals surface area contributed by atoms with Crippen molar-refractivity contribution >= 4 is 18.0 Å². The maximum absolute atomic E-state index is 13.0. The van der Waals surface area contributed by atoms with E-state index in [4.69, 9.17) is 9.84 Å². The van der Waals surface area contributed by atoms with E-state index in [-0.39, 0.29) is 6.54 Å². The van der Waals surface area contributed by atoms with Crippen LogP contribution < -0.4 is 5.32 Å². The van der Waals surface area contributed by atoms with Gasteiger partial charge in [-0.15, -0.1) is 0 Å². The number of alkyl halides is 2. The number of nitrogens with one attached hydrogen (secondary N) is 1. The third-order valence-corrected chi connectivity index (χ3v) is 2.89. The number of carbonyl (C=O) groups excluding carboxylic acids is 2. The molecule has 0 aromatic heterocycles. The summed E-state index contributed by atoms with van der Waals surface area (Å²) in [5.41, 5.74) is -0.825. The quantitative estimate of drug-likeness (QED) is 0.811. The summed E-state index contributed by atoms with van der Waals surface area (Å²) >= 11 is 0. The molecule has 1 rings (SSSR count). The zero-order valence-corrected chi connectivity index (χ0v) is 12.7. The summed E-state index contributed by atoms with van der Waals surface area (Å²) in [4.78, 5) is 35.4. The van der Waals surface area contributed by atoms with E-state index in [9.17, 15) is 23.2 Å². The number of carboxylic acid groups (broad SMARTS) is 1. The molecule has 0 spiro atoms. The lowest BCUT2D eigenvalue weighted by molar-refractivity contribution is -0.143. The lowest BCUT2D eigenvalue weighted by Gasteiger charge is -2.23. The molecule has 0 radical (unpaired) electrons. The van der Waals surface area contributed by atoms with E-state index < -0.39 is 54.9 Å². The molecule has 0 unspecified atom stereocenters. The lowest BCUT2D eigenvalue weighted by Crippen LogP contribution is -2.46. The number of ether oxygens (including phenoxy) is 1. The first-order valence-electron chi connectivity index (χ1n) is 6.77. The predicted molar refractivity (Wildman–Crippen MR) is 71.6 cm³/mol. The van der Waals surface area contributed by atoms with Gasteiger partial charge in [-0.2, -0.15) is 0 Å². The maximum atomic E-state index is 13.0. The number of halogens is 2. The highest BCUT2D eigenvalue weighted by atomic mass is 19.3. The summed E-state index contributed by atoms with van der Waals surface area (Å²) in [6.07, 6.45) is -2.04. The van der Waals surface area contributed by atoms with Crippen molar-refractivity contribution in [1.29, 1.82) is 0 Å². The number of rotatable bonds is 4. The van der Waals surface area contributed by atoms with E-state index >= 15 is 0 Å². The van der Waals surface area contributed by atoms with Crippen LogP contribution in [0.3, 0.4) is 0 Å². The minimum atomic E-state index is -2.95. The highest BCUT2D eigenvalue weighted by Gasteiger charge is 2.41. The Morgan fingerprint density at radius 3 is 2.36 bits per heavy atom. The van der Waals surface area contributed by atoms with Gasteiger partial charge in [-0.05, 0) is 20.8 Å². The lowest BCUT2D eigenvalue weighted by atomic mass is 10.2. The second-order valence-electron chi connectivity index (χ2n) is 6.16. The molecule has 22 heavy (non-hydrogen) atoms. The summed E-state index contributed by atoms with van der Waals surface area (Å²) < 4.78 is 31.0. The van der Waals surface area contributed by atoms with E-state index in [1.54, 1.807) is 20.8 Å². The minimum Gasteiger partial charge on any atom is -0.480 e. The number of hydrogen-bond donors (Lipinski definition) is 2. The molecule has 2 amide bonds. The topological polar surface area (TPSA) is 95.9 Å². The molecular formula is C13H20F2N2O5. The molecule has 2 N–H and O–H groups in total. The van der Waals surface area contributed by atoms with Gasteiger partial charge in [-0.3, -0.25) is 4.79 Å². The van der Waals surface area contributed by atoms with Crippen molar-refractivity contribution < 1.29 is 33.0 Å². The fraction of sp³-hybridized carbons (Fsp3) is 0.769. The molecule has 9 heteroatoms. The van der Waals surface area contributed by atoms with E-state index in [0.717, 1.165) is 4.90 Å². The number of carbonyl (C=O) groups is 3. The van der Waals surface area contributed by atoms with E-state index in [1.165, 1.54) is 0 Å². The SMILES string of the molecule is CC(C)(C)OC(=O)N[C@H](CC(=O)N1CCC(F)(F)C1)C(=O)O. The Balaban J connectivity index is 2.60. The molecule has 0 saturated carbocycles. The molecule has 1 aliphatic heterocycles. The Labute approximate surface area is 126 Å². The van der Waals surface area contributed by atoms with Crippen LogP contribution in [-0.4, -0.2) is 58.6 Å². The number of aliphatic carboxylic acids is 1. The van der Waals surface area contributed by atoms with Crippen molar-refractivity contribution in [3.8, 4) is 0 Å². The van der Waals surface area contributed by atoms with Crippen LogP contribution in [0.25, 0.3) is 0 Å². The summed E-state index contributed by atoms with van der Waals surface area (Å²) in [5.74, 6) is -5.14. The molecule has 0 bridgehead atoms. The number of nitrogens with zero attached hydrogens (tertiary/aromatic N) is 1. The fourth-order valence-electron chi connectivity index (χ4n) is 1.90. The molecule has 0 aliphatic carbocycles. The number of hydrogen-bond acceptors (Lipinski definition) is 4. The highest BCUT2D eigenvalue weighted by molar-refractivity contribution is 5.87. The van der Waals surface area contributed by atoms with Gasteiger partial charge in [0, 0.05) is 13.0 Å². The van der Waals surface area contributed by atoms with Crippen LogP contribution in [0.15, 0.2) is 0 Å². The van der Waals surface area contributed by atoms with Crippen LogP contribution in [0.4, 0.5) is 13.6 Å². The summed E-state index contributed by atoms with van der Waals surface area (Å²) in [6, 6.07) is -1.53. The largest absolute Gasteiger partial charge is 0.480 e. The molecule has 0 aromatic carbocycles. The Hall–Kier alpha value is -1.93. The van der Waals surface area contributed by atoms with Crippen LogP contribution in [-0.2, 0) is 14.3 Å². The molecule has 1 saturated heterocycles. The Kier molecular flexibility index (Phi) is 5.31. The Bertz CT molecular complexity index is 462. The van der Waals surface area contributed by atoms with Crippen molar-refractivity contribution in [1.82, 2.24) is 10.2 Å². The molecule has 1 fully saturated rings. The van der Waals surface area contributed by atoms with Crippen molar-refractivity contribution in [3.05, 3.63) is 0 Å². The summed E-state index contributed by atoms with van der Waals surface area (Å²) in [6.45, 7) is 3.93. The second-order valence-corrected chi connectivity index (χ2v) is 6.16. The predicted octanol–water partition coefficient (Wildman–Crippen LogP) is 1.22. The van der Waals surface area contributed by atoms with E-state index in [2.05, 4.69) is 5.32 Å². The average Bonchev–Trinajstić information content (AvgIpc) is 2.66. The zero-order chi connectivity index (χ0) is 17.1. The van der Waals surface area contributed by atoms with E-state index in [1.807, 2.05) is 0 Å². The normalized spacial score (nSPS) is 18.7. The van der Waals surface area contributed by atoms with Crippen LogP contribution in [0.1, 0.15) is 33.6 Å². The molecule has 1 aliphatic rings. The zero-order valence-electron chi connectivity index (χ0n) is 12.7. The van der Waals surface area contributed by atoms with E-state index in [0.29, 0.717) is 0 Å². The Morgan fingerprint density at radius 1 is 1.36 bits per heavy atom. The molecule has 7 nitrogen and oxygen atoms in total. The van der Waals surface area contributed by atoms with Gasteiger partial charge >= 0.3 is 12.1 Å². The van der Waals surface area contributed by atoms with Crippen LogP contribution >= 0.6 is 0 Å². The maximum Gasteiger partial charge on any atom is 0.408 e. The van der Waals surface area contributed by atoms with Gasteiger partial charge in [-0.1, -0.05) is 0 Å². The van der Waals surface area contributed by atoms with Gasteiger partial charge < -0.3 is 20.1 Å². The average molecular weight is 322 g/mol. The minimum absolute atomic E-state index is 0.134. The van der Waals surface area contributed by atoms with Crippen LogP contribution in [0.2, 0.25) is 0 Å². The molecule has 1 heterocycles. The van der Waals surface area contributed by atoms with Crippen LogP contribution in [0.5, 0.6) is 0 Å². The monoisotopic (exact) mass is 322 g/mol. The Morgan fingerprint density at radius 2 is 1.95 bits per heavy atom. The standard InChI is InChI=1S/C13H20F2N2O5/c1-12(2,3)22-11(21)16-8(10(19)20)6-9(18)17-5-4-13(14,15)7-17/h8H,4-7H2,1-3H3,(H,16,21)(H,19,20)/t8-/m1/s1. The fourth-order valence-corrected chi connectivity index (χ4v) is 1.90. The van der Waals surface area contributed by atoms with Crippen molar-refractivity contribution in [2.75, 3.05) is 13.1 Å². The smallest absolute Gasteiger partial charge is 0.408 e. The highest BCUT2D eigenvalue weighted by Crippen LogP contribution is 2.27. The summed E-state index contributed by atoms with van der Waals surface area (Å²) in [5, 5.41) is 11.1. The van der Waals surface area contributed by atoms with Crippen molar-refractivity contribution in [3.63, 3.8) is 0 Å². The summed E-state index contributed by atoms with van der Waals surface area (Å²) in [7, 11) is 0. The van der Waals surface area contributed by atoms with Gasteiger partial charge in [0.15, 0.2) is 0 Å². The van der Waals surface area contributed by atoms with Gasteiger partial charge in [0.05, 0.1) is 13.0 Å². The van der Waals surface area contributed by atoms with Crippen molar-refractivity contribution in [2.45, 2.75) is 51.2 Å². The van der Waals surface area contributed by atoms with Gasteiger partial charge in [-0.25, -0.2) is 18.4 Å². The van der Waals surface area contributed by atoms with Crippen LogP contribution in [0, 0.1) is 0 Å². The van der Waals surface area contributed by atoms with Gasteiger partial charge in [0.25, 0.3) is 5.92 Å². The number of amides is 2. The molecule has 126 valence electrons. The molecule has 0 aromatic rings. The van der Waals surface area contributed by atoms with Gasteiger partial charge in [0.1, 0.15) is 11.6 Å². The third kappa shape index (κ3) is 5.82. The first kappa shape index (κ1) is 18.1. The molecule has 1 atom stereocenters. The molecular weight excluding hydrogens is 302 g/mol. The first-order chi connectivity index (χ1) is 9.89. The van der Waals surface area contributed by atoms with Crippen molar-refractivity contribution in [2.24, 2.45) is 0 Å². The number of alkyl carbamates (subject to hydrolysis) is 1. The third-order valence-electron chi connectivity index (χ3n) is 2.89. The number of carboxylic acids is 1. The van der Waals surface area contributed by atoms with Gasteiger partial charge in [0.2, 0.25) is 5.91 Å². The second kappa shape index (κ2) is 6.45. The first-order valence-corrected chi connectivity index (χ1v) is 6.77. The number of likely N-dealkylation sites (tertiary alicyclic amines) is 1.